The third kappa shape index (κ3) is 6.46. The van der Waals surface area contributed by atoms with Gasteiger partial charge < -0.3 is 14.8 Å². The van der Waals surface area contributed by atoms with E-state index in [9.17, 15) is 13.2 Å². The van der Waals surface area contributed by atoms with E-state index in [4.69, 9.17) is 9.47 Å². The van der Waals surface area contributed by atoms with Gasteiger partial charge in [-0.25, -0.2) is 12.7 Å². The molecule has 3 rings (SSSR count). The average molecular weight is 461 g/mol. The van der Waals surface area contributed by atoms with Crippen molar-refractivity contribution < 1.29 is 22.7 Å². The van der Waals surface area contributed by atoms with E-state index < -0.39 is 10.0 Å². The first kappa shape index (κ1) is 24.1. The third-order valence-electron chi connectivity index (χ3n) is 5.48. The number of rotatable bonds is 10. The summed E-state index contributed by atoms with van der Waals surface area (Å²) in [7, 11) is -3.38. The number of hydrogen-bond donors (Lipinski definition) is 1. The molecule has 32 heavy (non-hydrogen) atoms. The number of sulfonamides is 1. The summed E-state index contributed by atoms with van der Waals surface area (Å²) in [5, 5.41) is 2.98. The summed E-state index contributed by atoms with van der Waals surface area (Å²) in [6.07, 6.45) is 1.04. The maximum absolute atomic E-state index is 12.7. The zero-order valence-electron chi connectivity index (χ0n) is 18.7. The summed E-state index contributed by atoms with van der Waals surface area (Å²) in [6.45, 7) is 6.03. The second-order valence-electron chi connectivity index (χ2n) is 7.78. The van der Waals surface area contributed by atoms with Crippen LogP contribution in [0.1, 0.15) is 37.8 Å². The fraction of sp³-hybridized carbons (Fsp3) is 0.458. The van der Waals surface area contributed by atoms with Gasteiger partial charge in [0.05, 0.1) is 19.0 Å². The number of ether oxygens (including phenoxy) is 2. The lowest BCUT2D eigenvalue weighted by molar-refractivity contribution is -0.126. The van der Waals surface area contributed by atoms with Crippen LogP contribution >= 0.6 is 0 Å². The van der Waals surface area contributed by atoms with Gasteiger partial charge in [-0.3, -0.25) is 4.79 Å². The van der Waals surface area contributed by atoms with E-state index in [-0.39, 0.29) is 17.6 Å². The van der Waals surface area contributed by atoms with E-state index in [0.29, 0.717) is 57.2 Å². The molecule has 0 bridgehead atoms. The van der Waals surface area contributed by atoms with Crippen molar-refractivity contribution in [2.24, 2.45) is 5.92 Å². The van der Waals surface area contributed by atoms with Crippen molar-refractivity contribution >= 4 is 15.9 Å². The zero-order valence-corrected chi connectivity index (χ0v) is 19.6. The van der Waals surface area contributed by atoms with Crippen LogP contribution in [0.5, 0.6) is 11.5 Å². The van der Waals surface area contributed by atoms with E-state index in [1.165, 1.54) is 4.31 Å². The summed E-state index contributed by atoms with van der Waals surface area (Å²) in [5.74, 6) is 1.11. The number of piperidine rings is 1. The molecular formula is C24H32N2O5S. The Bertz CT molecular complexity index is 987. The molecule has 1 amide bonds. The van der Waals surface area contributed by atoms with E-state index in [1.54, 1.807) is 0 Å². The Hall–Kier alpha value is -2.58. The van der Waals surface area contributed by atoms with Crippen molar-refractivity contribution in [3.63, 3.8) is 0 Å². The topological polar surface area (TPSA) is 84.9 Å². The molecule has 0 spiro atoms. The normalized spacial score (nSPS) is 15.3. The molecule has 0 aromatic heterocycles. The van der Waals surface area contributed by atoms with Crippen LogP contribution < -0.4 is 14.8 Å². The van der Waals surface area contributed by atoms with Crippen molar-refractivity contribution in [2.45, 2.75) is 39.0 Å². The lowest BCUT2D eigenvalue weighted by atomic mass is 9.97. The molecule has 0 atom stereocenters. The van der Waals surface area contributed by atoms with Crippen molar-refractivity contribution in [3.05, 3.63) is 59.7 Å². The highest BCUT2D eigenvalue weighted by molar-refractivity contribution is 7.88. The fourth-order valence-electron chi connectivity index (χ4n) is 3.81. The number of amides is 1. The Morgan fingerprint density at radius 3 is 2.28 bits per heavy atom. The minimum atomic E-state index is -3.38. The minimum Gasteiger partial charge on any atom is -0.490 e. The quantitative estimate of drug-likeness (QED) is 0.588. The standard InChI is InChI=1S/C24H32N2O5S/c1-3-30-22-11-10-20(16-23(22)31-4-2)17-25-24(27)21-12-14-26(15-13-21)32(28,29)18-19-8-6-5-7-9-19/h5-11,16,21H,3-4,12-15,17-18H2,1-2H3,(H,25,27). The van der Waals surface area contributed by atoms with Gasteiger partial charge in [-0.2, -0.15) is 0 Å². The molecule has 2 aromatic carbocycles. The van der Waals surface area contributed by atoms with Crippen molar-refractivity contribution in [3.8, 4) is 11.5 Å². The maximum atomic E-state index is 12.7. The molecule has 1 saturated heterocycles. The van der Waals surface area contributed by atoms with Crippen LogP contribution in [0.2, 0.25) is 0 Å². The Morgan fingerprint density at radius 1 is 0.969 bits per heavy atom. The number of benzene rings is 2. The zero-order chi connectivity index (χ0) is 23.0. The summed E-state index contributed by atoms with van der Waals surface area (Å²) in [4.78, 5) is 12.7. The Kier molecular flexibility index (Phi) is 8.53. The molecule has 2 aromatic rings. The monoisotopic (exact) mass is 460 g/mol. The molecule has 0 aliphatic carbocycles. The molecule has 8 heteroatoms. The van der Waals surface area contributed by atoms with Gasteiger partial charge in [-0.15, -0.1) is 0 Å². The second-order valence-corrected chi connectivity index (χ2v) is 9.75. The van der Waals surface area contributed by atoms with Crippen LogP contribution in [0, 0.1) is 5.92 Å². The Morgan fingerprint density at radius 2 is 1.62 bits per heavy atom. The molecule has 0 saturated carbocycles. The lowest BCUT2D eigenvalue weighted by Crippen LogP contribution is -2.43. The molecule has 7 nitrogen and oxygen atoms in total. The molecule has 174 valence electrons. The van der Waals surface area contributed by atoms with Crippen LogP contribution in [0.3, 0.4) is 0 Å². The predicted octanol–water partition coefficient (Wildman–Crippen LogP) is 3.34. The molecule has 1 fully saturated rings. The first-order valence-electron chi connectivity index (χ1n) is 11.1. The van der Waals surface area contributed by atoms with Crippen LogP contribution in [0.4, 0.5) is 0 Å². The molecule has 1 heterocycles. The number of nitrogens with zero attached hydrogens (tertiary/aromatic N) is 1. The summed E-state index contributed by atoms with van der Waals surface area (Å²) >= 11 is 0. The number of nitrogens with one attached hydrogen (secondary N) is 1. The van der Waals surface area contributed by atoms with E-state index >= 15 is 0 Å². The van der Waals surface area contributed by atoms with Crippen molar-refractivity contribution in [1.82, 2.24) is 9.62 Å². The van der Waals surface area contributed by atoms with Crippen molar-refractivity contribution in [2.75, 3.05) is 26.3 Å². The van der Waals surface area contributed by atoms with Gasteiger partial charge in [-0.1, -0.05) is 36.4 Å². The summed E-state index contributed by atoms with van der Waals surface area (Å²) in [5.41, 5.74) is 1.70. The minimum absolute atomic E-state index is 0.00932. The number of carbonyl (C=O) groups excluding carboxylic acids is 1. The van der Waals surface area contributed by atoms with Crippen LogP contribution in [-0.4, -0.2) is 44.9 Å². The largest absolute Gasteiger partial charge is 0.490 e. The van der Waals surface area contributed by atoms with Gasteiger partial charge in [0.1, 0.15) is 0 Å². The highest BCUT2D eigenvalue weighted by Crippen LogP contribution is 2.28. The van der Waals surface area contributed by atoms with Crippen LogP contribution in [0.25, 0.3) is 0 Å². The Balaban J connectivity index is 1.51. The van der Waals surface area contributed by atoms with Gasteiger partial charge in [0.2, 0.25) is 15.9 Å². The van der Waals surface area contributed by atoms with Gasteiger partial charge in [0.15, 0.2) is 11.5 Å². The number of carbonyl (C=O) groups is 1. The summed E-state index contributed by atoms with van der Waals surface area (Å²) in [6, 6.07) is 14.8. The molecule has 0 radical (unpaired) electrons. The second kappa shape index (κ2) is 11.3. The first-order chi connectivity index (χ1) is 15.4. The van der Waals surface area contributed by atoms with E-state index in [0.717, 1.165) is 11.1 Å². The molecule has 1 aliphatic heterocycles. The predicted molar refractivity (Wildman–Crippen MR) is 124 cm³/mol. The summed E-state index contributed by atoms with van der Waals surface area (Å²) < 4.78 is 38.1. The van der Waals surface area contributed by atoms with Crippen molar-refractivity contribution in [1.29, 1.82) is 0 Å². The highest BCUT2D eigenvalue weighted by atomic mass is 32.2. The molecule has 0 unspecified atom stereocenters. The van der Waals surface area contributed by atoms with E-state index in [2.05, 4.69) is 5.32 Å². The van der Waals surface area contributed by atoms with Gasteiger partial charge >= 0.3 is 0 Å². The molecule has 1 aliphatic rings. The Labute approximate surface area is 190 Å². The maximum Gasteiger partial charge on any atom is 0.223 e. The van der Waals surface area contributed by atoms with Crippen LogP contribution in [0.15, 0.2) is 48.5 Å². The third-order valence-corrected chi connectivity index (χ3v) is 7.33. The van der Waals surface area contributed by atoms with Gasteiger partial charge in [-0.05, 0) is 49.9 Å². The fourth-order valence-corrected chi connectivity index (χ4v) is 5.37. The molecule has 1 N–H and O–H groups in total. The van der Waals surface area contributed by atoms with Gasteiger partial charge in [0.25, 0.3) is 0 Å². The number of hydrogen-bond acceptors (Lipinski definition) is 5. The van der Waals surface area contributed by atoms with Gasteiger partial charge in [0, 0.05) is 25.6 Å². The lowest BCUT2D eigenvalue weighted by Gasteiger charge is -2.30. The van der Waals surface area contributed by atoms with Crippen LogP contribution in [-0.2, 0) is 27.1 Å². The molecular weight excluding hydrogens is 428 g/mol. The SMILES string of the molecule is CCOc1ccc(CNC(=O)C2CCN(S(=O)(=O)Cc3ccccc3)CC2)cc1OCC. The average Bonchev–Trinajstić information content (AvgIpc) is 2.80. The first-order valence-corrected chi connectivity index (χ1v) is 12.7. The van der Waals surface area contributed by atoms with E-state index in [1.807, 2.05) is 62.4 Å². The smallest absolute Gasteiger partial charge is 0.223 e. The highest BCUT2D eigenvalue weighted by Gasteiger charge is 2.31.